The van der Waals surface area contributed by atoms with Crippen molar-refractivity contribution in [2.45, 2.75) is 26.2 Å². The highest BCUT2D eigenvalue weighted by atomic mass is 35.5. The Kier molecular flexibility index (Phi) is 6.62. The Morgan fingerprint density at radius 2 is 2.05 bits per heavy atom. The summed E-state index contributed by atoms with van der Waals surface area (Å²) >= 11 is 5.85. The zero-order chi connectivity index (χ0) is 15.8. The number of nitrogens with one attached hydrogen (secondary N) is 1. The van der Waals surface area contributed by atoms with E-state index in [0.29, 0.717) is 23.9 Å². The lowest BCUT2D eigenvalue weighted by molar-refractivity contribution is 0.0940. The molecule has 2 aromatic rings. The number of rotatable bonds is 8. The van der Waals surface area contributed by atoms with Gasteiger partial charge >= 0.3 is 0 Å². The highest BCUT2D eigenvalue weighted by Crippen LogP contribution is 2.17. The summed E-state index contributed by atoms with van der Waals surface area (Å²) in [5.74, 6) is -0.0783. The van der Waals surface area contributed by atoms with Gasteiger partial charge in [0.2, 0.25) is 0 Å². The van der Waals surface area contributed by atoms with E-state index in [2.05, 4.69) is 17.2 Å². The summed E-state index contributed by atoms with van der Waals surface area (Å²) in [7, 11) is 0. The number of unbranched alkanes of at least 4 members (excludes halogenated alkanes) is 1. The van der Waals surface area contributed by atoms with Crippen LogP contribution in [0.15, 0.2) is 30.3 Å². The first-order valence-corrected chi connectivity index (χ1v) is 8.01. The molecule has 0 atom stereocenters. The van der Waals surface area contributed by atoms with E-state index in [1.807, 2.05) is 18.2 Å². The predicted octanol–water partition coefficient (Wildman–Crippen LogP) is 3.82. The average Bonchev–Trinajstić information content (AvgIpc) is 2.53. The topological polar surface area (TPSA) is 51.2 Å². The number of fused-ring (bicyclic) bond motifs is 1. The van der Waals surface area contributed by atoms with Gasteiger partial charge in [0.25, 0.3) is 5.91 Å². The van der Waals surface area contributed by atoms with Crippen LogP contribution in [0.4, 0.5) is 0 Å². The van der Waals surface area contributed by atoms with E-state index in [1.54, 1.807) is 12.1 Å². The fourth-order valence-electron chi connectivity index (χ4n) is 2.07. The lowest BCUT2D eigenvalue weighted by Crippen LogP contribution is -2.25. The van der Waals surface area contributed by atoms with E-state index in [-0.39, 0.29) is 5.91 Å². The summed E-state index contributed by atoms with van der Waals surface area (Å²) in [6.45, 7) is 4.23. The molecule has 0 aliphatic rings. The van der Waals surface area contributed by atoms with Gasteiger partial charge in [-0.2, -0.15) is 0 Å². The standard InChI is InChI=1S/C17H21ClN2O2/c1-2-3-10-22-11-4-9-19-17(21)14-5-7-15-13(12-14)6-8-16(18)20-15/h5-8,12H,2-4,9-11H2,1H3,(H,19,21). The lowest BCUT2D eigenvalue weighted by atomic mass is 10.1. The molecule has 1 N–H and O–H groups in total. The number of benzene rings is 1. The van der Waals surface area contributed by atoms with Crippen LogP contribution < -0.4 is 5.32 Å². The van der Waals surface area contributed by atoms with Crippen LogP contribution >= 0.6 is 11.6 Å². The molecule has 1 aromatic carbocycles. The van der Waals surface area contributed by atoms with Crippen LogP contribution in [0, 0.1) is 0 Å². The molecule has 0 saturated heterocycles. The molecule has 0 radical (unpaired) electrons. The minimum absolute atomic E-state index is 0.0783. The van der Waals surface area contributed by atoms with Crippen molar-refractivity contribution in [3.63, 3.8) is 0 Å². The quantitative estimate of drug-likeness (QED) is 0.594. The first-order valence-electron chi connectivity index (χ1n) is 7.63. The van der Waals surface area contributed by atoms with E-state index in [4.69, 9.17) is 16.3 Å². The average molecular weight is 321 g/mol. The summed E-state index contributed by atoms with van der Waals surface area (Å²) in [5, 5.41) is 4.25. The van der Waals surface area contributed by atoms with Crippen molar-refractivity contribution in [1.82, 2.24) is 10.3 Å². The van der Waals surface area contributed by atoms with Gasteiger partial charge < -0.3 is 10.1 Å². The van der Waals surface area contributed by atoms with E-state index in [9.17, 15) is 4.79 Å². The number of ether oxygens (including phenoxy) is 1. The highest BCUT2D eigenvalue weighted by Gasteiger charge is 2.06. The van der Waals surface area contributed by atoms with Gasteiger partial charge in [-0.1, -0.05) is 24.9 Å². The van der Waals surface area contributed by atoms with Crippen LogP contribution in [-0.4, -0.2) is 30.6 Å². The van der Waals surface area contributed by atoms with Crippen molar-refractivity contribution < 1.29 is 9.53 Å². The van der Waals surface area contributed by atoms with Crippen molar-refractivity contribution in [1.29, 1.82) is 0 Å². The predicted molar refractivity (Wildman–Crippen MR) is 89.4 cm³/mol. The Morgan fingerprint density at radius 3 is 2.86 bits per heavy atom. The number of amides is 1. The zero-order valence-corrected chi connectivity index (χ0v) is 13.5. The molecule has 0 aliphatic carbocycles. The Morgan fingerprint density at radius 1 is 1.23 bits per heavy atom. The second-order valence-corrected chi connectivity index (χ2v) is 5.50. The van der Waals surface area contributed by atoms with E-state index in [0.717, 1.165) is 36.8 Å². The van der Waals surface area contributed by atoms with Crippen molar-refractivity contribution in [2.24, 2.45) is 0 Å². The maximum Gasteiger partial charge on any atom is 0.251 e. The number of hydrogen-bond donors (Lipinski definition) is 1. The third-order valence-corrected chi connectivity index (χ3v) is 3.52. The van der Waals surface area contributed by atoms with Gasteiger partial charge in [0, 0.05) is 30.7 Å². The molecule has 22 heavy (non-hydrogen) atoms. The van der Waals surface area contributed by atoms with Gasteiger partial charge in [-0.15, -0.1) is 0 Å². The maximum absolute atomic E-state index is 12.1. The highest BCUT2D eigenvalue weighted by molar-refractivity contribution is 6.29. The number of hydrogen-bond acceptors (Lipinski definition) is 3. The number of nitrogens with zero attached hydrogens (tertiary/aromatic N) is 1. The Hall–Kier alpha value is -1.65. The van der Waals surface area contributed by atoms with Crippen LogP contribution in [0.5, 0.6) is 0 Å². The van der Waals surface area contributed by atoms with Crippen molar-refractivity contribution in [3.8, 4) is 0 Å². The molecular formula is C17H21ClN2O2. The summed E-state index contributed by atoms with van der Waals surface area (Å²) in [6, 6.07) is 8.98. The Bertz CT molecular complexity index is 631. The van der Waals surface area contributed by atoms with Crippen LogP contribution in [0.1, 0.15) is 36.5 Å². The third kappa shape index (κ3) is 4.97. The van der Waals surface area contributed by atoms with Crippen molar-refractivity contribution in [2.75, 3.05) is 19.8 Å². The summed E-state index contributed by atoms with van der Waals surface area (Å²) in [5.41, 5.74) is 1.41. The molecule has 4 nitrogen and oxygen atoms in total. The van der Waals surface area contributed by atoms with Gasteiger partial charge in [0.15, 0.2) is 0 Å². The zero-order valence-electron chi connectivity index (χ0n) is 12.8. The van der Waals surface area contributed by atoms with Gasteiger partial charge in [0.1, 0.15) is 5.15 Å². The van der Waals surface area contributed by atoms with Gasteiger partial charge in [-0.3, -0.25) is 4.79 Å². The number of halogens is 1. The van der Waals surface area contributed by atoms with Crippen LogP contribution in [0.2, 0.25) is 5.15 Å². The maximum atomic E-state index is 12.1. The monoisotopic (exact) mass is 320 g/mol. The summed E-state index contributed by atoms with van der Waals surface area (Å²) in [4.78, 5) is 16.3. The lowest BCUT2D eigenvalue weighted by Gasteiger charge is -2.07. The molecule has 0 aliphatic heterocycles. The van der Waals surface area contributed by atoms with Gasteiger partial charge in [-0.05, 0) is 43.2 Å². The fraction of sp³-hybridized carbons (Fsp3) is 0.412. The molecule has 1 amide bonds. The third-order valence-electron chi connectivity index (χ3n) is 3.31. The van der Waals surface area contributed by atoms with Crippen molar-refractivity contribution in [3.05, 3.63) is 41.0 Å². The van der Waals surface area contributed by atoms with Gasteiger partial charge in [-0.25, -0.2) is 4.98 Å². The minimum atomic E-state index is -0.0783. The summed E-state index contributed by atoms with van der Waals surface area (Å²) in [6.07, 6.45) is 3.04. The van der Waals surface area contributed by atoms with E-state index in [1.165, 1.54) is 0 Å². The Labute approximate surface area is 135 Å². The minimum Gasteiger partial charge on any atom is -0.381 e. The number of carbonyl (C=O) groups excluding carboxylic acids is 1. The molecule has 0 bridgehead atoms. The van der Waals surface area contributed by atoms with Crippen LogP contribution in [-0.2, 0) is 4.74 Å². The van der Waals surface area contributed by atoms with E-state index < -0.39 is 0 Å². The van der Waals surface area contributed by atoms with E-state index >= 15 is 0 Å². The number of pyridine rings is 1. The second kappa shape index (κ2) is 8.71. The second-order valence-electron chi connectivity index (χ2n) is 5.12. The fourth-order valence-corrected chi connectivity index (χ4v) is 2.22. The largest absolute Gasteiger partial charge is 0.381 e. The molecule has 1 aromatic heterocycles. The SMILES string of the molecule is CCCCOCCCNC(=O)c1ccc2nc(Cl)ccc2c1. The molecule has 0 unspecified atom stereocenters. The molecule has 5 heteroatoms. The van der Waals surface area contributed by atoms with Crippen LogP contribution in [0.3, 0.4) is 0 Å². The first kappa shape index (κ1) is 16.7. The molecule has 1 heterocycles. The first-order chi connectivity index (χ1) is 10.7. The normalized spacial score (nSPS) is 10.8. The molecule has 118 valence electrons. The molecule has 0 spiro atoms. The number of aromatic nitrogens is 1. The Balaban J connectivity index is 1.81. The molecule has 0 saturated carbocycles. The summed E-state index contributed by atoms with van der Waals surface area (Å²) < 4.78 is 5.46. The van der Waals surface area contributed by atoms with Crippen molar-refractivity contribution >= 4 is 28.4 Å². The smallest absolute Gasteiger partial charge is 0.251 e. The van der Waals surface area contributed by atoms with Crippen LogP contribution in [0.25, 0.3) is 10.9 Å². The molecular weight excluding hydrogens is 300 g/mol. The molecule has 2 rings (SSSR count). The van der Waals surface area contributed by atoms with Gasteiger partial charge in [0.05, 0.1) is 5.52 Å². The molecule has 0 fully saturated rings. The number of carbonyl (C=O) groups is 1.